The zero-order valence-corrected chi connectivity index (χ0v) is 19.8. The number of halogens is 1. The van der Waals surface area contributed by atoms with Crippen molar-refractivity contribution >= 4 is 29.1 Å². The van der Waals surface area contributed by atoms with Crippen LogP contribution >= 0.6 is 11.6 Å². The molecule has 1 saturated carbocycles. The van der Waals surface area contributed by atoms with Crippen molar-refractivity contribution in [3.63, 3.8) is 0 Å². The molecule has 1 amide bonds. The first-order chi connectivity index (χ1) is 15.9. The minimum atomic E-state index is -0.729. The summed E-state index contributed by atoms with van der Waals surface area (Å²) in [4.78, 5) is 28.3. The number of benzene rings is 2. The Hall–Kier alpha value is -2.99. The first-order valence-electron chi connectivity index (χ1n) is 11.2. The van der Waals surface area contributed by atoms with E-state index in [1.807, 2.05) is 19.1 Å². The molecule has 1 saturated heterocycles. The first-order valence-corrected chi connectivity index (χ1v) is 11.5. The van der Waals surface area contributed by atoms with Gasteiger partial charge in [0, 0.05) is 6.04 Å². The molecule has 1 aliphatic carbocycles. The van der Waals surface area contributed by atoms with Crippen molar-refractivity contribution in [1.82, 2.24) is 4.90 Å². The molecule has 2 aliphatic rings. The Morgan fingerprint density at radius 3 is 2.45 bits per heavy atom. The predicted octanol–water partition coefficient (Wildman–Crippen LogP) is 5.42. The summed E-state index contributed by atoms with van der Waals surface area (Å²) in [7, 11) is 3.02. The van der Waals surface area contributed by atoms with Crippen molar-refractivity contribution in [2.45, 2.75) is 51.1 Å². The number of Topliss-reactive ketones (excluding diaryl/α,β-unsaturated/α-hetero) is 1. The van der Waals surface area contributed by atoms with Crippen LogP contribution in [0.15, 0.2) is 42.0 Å². The van der Waals surface area contributed by atoms with Crippen molar-refractivity contribution in [2.24, 2.45) is 0 Å². The number of nitrogens with zero attached hydrogens (tertiary/aromatic N) is 1. The van der Waals surface area contributed by atoms with Crippen molar-refractivity contribution in [3.05, 3.63) is 63.7 Å². The summed E-state index contributed by atoms with van der Waals surface area (Å²) in [5.41, 5.74) is 1.83. The Bertz CT molecular complexity index is 1120. The Morgan fingerprint density at radius 1 is 1.06 bits per heavy atom. The average Bonchev–Trinajstić information content (AvgIpc) is 3.09. The third-order valence-electron chi connectivity index (χ3n) is 6.50. The number of carbonyl (C=O) groups excluding carboxylic acids is 2. The monoisotopic (exact) mass is 469 g/mol. The zero-order valence-electron chi connectivity index (χ0n) is 19.1. The number of aliphatic hydroxyl groups excluding tert-OH is 1. The van der Waals surface area contributed by atoms with Crippen molar-refractivity contribution in [1.29, 1.82) is 0 Å². The summed E-state index contributed by atoms with van der Waals surface area (Å²) in [5, 5.41) is 11.8. The fourth-order valence-electron chi connectivity index (χ4n) is 4.98. The second-order valence-corrected chi connectivity index (χ2v) is 9.01. The molecule has 0 aromatic heterocycles. The normalized spacial score (nSPS) is 20.8. The van der Waals surface area contributed by atoms with E-state index in [2.05, 4.69) is 0 Å². The maximum Gasteiger partial charge on any atom is 0.295 e. The second-order valence-electron chi connectivity index (χ2n) is 8.60. The highest BCUT2D eigenvalue weighted by atomic mass is 35.5. The third-order valence-corrected chi connectivity index (χ3v) is 6.79. The topological polar surface area (TPSA) is 76.1 Å². The number of aryl methyl sites for hydroxylation is 1. The summed E-state index contributed by atoms with van der Waals surface area (Å²) in [5.74, 6) is -0.715. The maximum atomic E-state index is 13.4. The quantitative estimate of drug-likeness (QED) is 0.359. The Kier molecular flexibility index (Phi) is 6.66. The average molecular weight is 470 g/mol. The lowest BCUT2D eigenvalue weighted by atomic mass is 9.90. The second kappa shape index (κ2) is 9.48. The van der Waals surface area contributed by atoms with Crippen LogP contribution in [0.2, 0.25) is 5.02 Å². The lowest BCUT2D eigenvalue weighted by molar-refractivity contribution is -0.141. The molecule has 1 aliphatic heterocycles. The molecule has 1 heterocycles. The molecule has 0 bridgehead atoms. The number of carbonyl (C=O) groups is 2. The Morgan fingerprint density at radius 2 is 1.79 bits per heavy atom. The SMILES string of the molecule is COc1cccc(C2/C(=C(\O)c3cc(C)cc(Cl)c3OC)C(=O)C(=O)N2C2CCCCC2)c1. The van der Waals surface area contributed by atoms with Gasteiger partial charge in [-0.05, 0) is 55.2 Å². The Balaban J connectivity index is 1.95. The van der Waals surface area contributed by atoms with Gasteiger partial charge in [0.05, 0.1) is 36.4 Å². The predicted molar refractivity (Wildman–Crippen MR) is 127 cm³/mol. The van der Waals surface area contributed by atoms with Gasteiger partial charge in [-0.15, -0.1) is 0 Å². The minimum Gasteiger partial charge on any atom is -0.507 e. The van der Waals surface area contributed by atoms with E-state index in [4.69, 9.17) is 21.1 Å². The van der Waals surface area contributed by atoms with Crippen molar-refractivity contribution < 1.29 is 24.2 Å². The molecule has 1 N–H and O–H groups in total. The summed E-state index contributed by atoms with van der Waals surface area (Å²) in [6, 6.07) is 9.90. The first kappa shape index (κ1) is 23.2. The molecule has 33 heavy (non-hydrogen) atoms. The van der Waals surface area contributed by atoms with Gasteiger partial charge in [-0.25, -0.2) is 0 Å². The van der Waals surface area contributed by atoms with Crippen LogP contribution in [0.5, 0.6) is 11.5 Å². The van der Waals surface area contributed by atoms with Gasteiger partial charge in [0.15, 0.2) is 0 Å². The molecule has 174 valence electrons. The van der Waals surface area contributed by atoms with Crippen LogP contribution in [0.3, 0.4) is 0 Å². The van der Waals surface area contributed by atoms with Gasteiger partial charge < -0.3 is 19.5 Å². The molecule has 1 unspecified atom stereocenters. The molecular weight excluding hydrogens is 442 g/mol. The van der Waals surface area contributed by atoms with Crippen LogP contribution in [0, 0.1) is 6.92 Å². The molecule has 4 rings (SSSR count). The highest BCUT2D eigenvalue weighted by Crippen LogP contribution is 2.45. The van der Waals surface area contributed by atoms with E-state index in [0.717, 1.165) is 37.7 Å². The van der Waals surface area contributed by atoms with Crippen LogP contribution in [-0.2, 0) is 9.59 Å². The third kappa shape index (κ3) is 4.20. The highest BCUT2D eigenvalue weighted by molar-refractivity contribution is 6.46. The molecule has 2 aromatic rings. The number of amides is 1. The number of hydrogen-bond acceptors (Lipinski definition) is 5. The Labute approximate surface area is 198 Å². The van der Waals surface area contributed by atoms with Crippen LogP contribution in [0.25, 0.3) is 5.76 Å². The lowest BCUT2D eigenvalue weighted by Crippen LogP contribution is -2.40. The number of ether oxygens (including phenoxy) is 2. The van der Waals surface area contributed by atoms with Crippen LogP contribution in [0.4, 0.5) is 0 Å². The van der Waals surface area contributed by atoms with Gasteiger partial charge in [0.25, 0.3) is 11.7 Å². The number of rotatable bonds is 5. The van der Waals surface area contributed by atoms with Gasteiger partial charge in [-0.2, -0.15) is 0 Å². The van der Waals surface area contributed by atoms with E-state index >= 15 is 0 Å². The number of methoxy groups -OCH3 is 2. The van der Waals surface area contributed by atoms with Crippen LogP contribution in [0.1, 0.15) is 54.8 Å². The molecular formula is C26H28ClNO5. The number of ketones is 1. The maximum absolute atomic E-state index is 13.4. The number of hydrogen-bond donors (Lipinski definition) is 1. The summed E-state index contributed by atoms with van der Waals surface area (Å²) in [6.07, 6.45) is 4.77. The smallest absolute Gasteiger partial charge is 0.295 e. The van der Waals surface area contributed by atoms with Gasteiger partial charge in [-0.3, -0.25) is 9.59 Å². The highest BCUT2D eigenvalue weighted by Gasteiger charge is 2.49. The summed E-state index contributed by atoms with van der Waals surface area (Å²) >= 11 is 6.36. The van der Waals surface area contributed by atoms with Crippen molar-refractivity contribution in [3.8, 4) is 11.5 Å². The molecule has 0 radical (unpaired) electrons. The molecule has 1 atom stereocenters. The van der Waals surface area contributed by atoms with Crippen molar-refractivity contribution in [2.75, 3.05) is 14.2 Å². The van der Waals surface area contributed by atoms with E-state index in [0.29, 0.717) is 16.3 Å². The summed E-state index contributed by atoms with van der Waals surface area (Å²) in [6.45, 7) is 1.84. The van der Waals surface area contributed by atoms with Gasteiger partial charge >= 0.3 is 0 Å². The van der Waals surface area contributed by atoms with E-state index < -0.39 is 17.7 Å². The van der Waals surface area contributed by atoms with Gasteiger partial charge in [0.1, 0.15) is 17.3 Å². The van der Waals surface area contributed by atoms with E-state index in [1.54, 1.807) is 36.3 Å². The zero-order chi connectivity index (χ0) is 23.7. The number of likely N-dealkylation sites (tertiary alicyclic amines) is 1. The lowest BCUT2D eigenvalue weighted by Gasteiger charge is -2.35. The largest absolute Gasteiger partial charge is 0.507 e. The standard InChI is InChI=1S/C26H28ClNO5/c1-15-12-19(25(33-3)20(27)13-15)23(29)21-22(16-8-7-11-18(14-16)32-2)28(26(31)24(21)30)17-9-5-4-6-10-17/h7-8,11-14,17,22,29H,4-6,9-10H2,1-3H3/b23-21+. The van der Waals surface area contributed by atoms with E-state index in [1.165, 1.54) is 7.11 Å². The molecule has 0 spiro atoms. The minimum absolute atomic E-state index is 0.0405. The molecule has 7 heteroatoms. The molecule has 6 nitrogen and oxygen atoms in total. The number of aliphatic hydroxyl groups is 1. The van der Waals surface area contributed by atoms with Crippen LogP contribution in [-0.4, -0.2) is 42.0 Å². The molecule has 2 aromatic carbocycles. The van der Waals surface area contributed by atoms with Gasteiger partial charge in [0.2, 0.25) is 0 Å². The fraction of sp³-hybridized carbons (Fsp3) is 0.385. The fourth-order valence-corrected chi connectivity index (χ4v) is 5.33. The van der Waals surface area contributed by atoms with Crippen LogP contribution < -0.4 is 9.47 Å². The summed E-state index contributed by atoms with van der Waals surface area (Å²) < 4.78 is 10.8. The van der Waals surface area contributed by atoms with E-state index in [-0.39, 0.29) is 28.7 Å². The van der Waals surface area contributed by atoms with Gasteiger partial charge in [-0.1, -0.05) is 43.0 Å². The molecule has 2 fully saturated rings. The van der Waals surface area contributed by atoms with E-state index in [9.17, 15) is 14.7 Å².